The zero-order valence-electron chi connectivity index (χ0n) is 16.4. The van der Waals surface area contributed by atoms with Gasteiger partial charge in [-0.15, -0.1) is 0 Å². The molecule has 1 saturated carbocycles. The van der Waals surface area contributed by atoms with Gasteiger partial charge in [-0.3, -0.25) is 19.3 Å². The van der Waals surface area contributed by atoms with Gasteiger partial charge in [-0.2, -0.15) is 0 Å². The molecule has 1 aliphatic carbocycles. The minimum Gasteiger partial charge on any atom is -0.322 e. The van der Waals surface area contributed by atoms with Gasteiger partial charge >= 0.3 is 0 Å². The van der Waals surface area contributed by atoms with Gasteiger partial charge in [0, 0.05) is 16.3 Å². The summed E-state index contributed by atoms with van der Waals surface area (Å²) in [4.78, 5) is 39.5. The number of carbonyl (C=O) groups is 3. The normalized spacial score (nSPS) is 23.8. The van der Waals surface area contributed by atoms with Crippen molar-refractivity contribution >= 4 is 40.7 Å². The summed E-state index contributed by atoms with van der Waals surface area (Å²) >= 11 is 6.10. The molecule has 5 nitrogen and oxygen atoms in total. The molecule has 3 atom stereocenters. The number of anilines is 2. The number of amides is 3. The van der Waals surface area contributed by atoms with Crippen LogP contribution in [0.1, 0.15) is 42.1 Å². The van der Waals surface area contributed by atoms with Gasteiger partial charge in [0.1, 0.15) is 0 Å². The number of hydrogen-bond donors (Lipinski definition) is 1. The van der Waals surface area contributed by atoms with Crippen LogP contribution < -0.4 is 10.2 Å². The first kappa shape index (κ1) is 19.6. The molecular weight excluding hydrogens is 388 g/mol. The maximum atomic E-state index is 12.8. The highest BCUT2D eigenvalue weighted by atomic mass is 35.5. The summed E-state index contributed by atoms with van der Waals surface area (Å²) in [7, 11) is 0. The van der Waals surface area contributed by atoms with Gasteiger partial charge in [-0.05, 0) is 74.1 Å². The van der Waals surface area contributed by atoms with Gasteiger partial charge in [0.05, 0.1) is 17.5 Å². The zero-order valence-corrected chi connectivity index (χ0v) is 17.2. The number of imide groups is 1. The number of hydrogen-bond acceptors (Lipinski definition) is 3. The Hall–Kier alpha value is -2.66. The van der Waals surface area contributed by atoms with Crippen molar-refractivity contribution in [3.8, 4) is 0 Å². The van der Waals surface area contributed by atoms with Gasteiger partial charge in [0.25, 0.3) is 5.91 Å². The minimum atomic E-state index is -0.275. The van der Waals surface area contributed by atoms with Crippen LogP contribution in [0.2, 0.25) is 5.02 Å². The number of halogens is 1. The van der Waals surface area contributed by atoms with Crippen molar-refractivity contribution in [3.05, 3.63) is 58.6 Å². The lowest BCUT2D eigenvalue weighted by atomic mass is 9.76. The summed E-state index contributed by atoms with van der Waals surface area (Å²) < 4.78 is 0. The monoisotopic (exact) mass is 410 g/mol. The highest BCUT2D eigenvalue weighted by molar-refractivity contribution is 6.31. The number of carbonyl (C=O) groups excluding carboxylic acids is 3. The average Bonchev–Trinajstić information content (AvgIpc) is 2.95. The van der Waals surface area contributed by atoms with Crippen LogP contribution in [0.5, 0.6) is 0 Å². The van der Waals surface area contributed by atoms with Crippen molar-refractivity contribution in [1.29, 1.82) is 0 Å². The SMILES string of the molecule is Cc1c(Cl)cccc1NC(=O)c1ccc(N2C(=O)[C@@H]3CC[C@@H](C)C[C@H]3C2=O)cc1. The fourth-order valence-corrected chi connectivity index (χ4v) is 4.52. The summed E-state index contributed by atoms with van der Waals surface area (Å²) in [5.41, 5.74) is 2.41. The molecule has 0 spiro atoms. The Balaban J connectivity index is 1.52. The fraction of sp³-hybridized carbons (Fsp3) is 0.348. The van der Waals surface area contributed by atoms with E-state index < -0.39 is 0 Å². The molecule has 0 bridgehead atoms. The van der Waals surface area contributed by atoms with Crippen molar-refractivity contribution in [2.24, 2.45) is 17.8 Å². The van der Waals surface area contributed by atoms with E-state index in [1.165, 1.54) is 4.90 Å². The Bertz CT molecular complexity index is 986. The lowest BCUT2D eigenvalue weighted by molar-refractivity contribution is -0.122. The molecule has 0 unspecified atom stereocenters. The van der Waals surface area contributed by atoms with E-state index in [0.29, 0.717) is 27.9 Å². The summed E-state index contributed by atoms with van der Waals surface area (Å²) in [6.07, 6.45) is 2.52. The average molecular weight is 411 g/mol. The number of nitrogens with one attached hydrogen (secondary N) is 1. The standard InChI is InChI=1S/C23H23ClN2O3/c1-13-6-11-17-18(12-13)23(29)26(22(17)28)16-9-7-15(8-10-16)21(27)25-20-5-3-4-19(24)14(20)2/h3-5,7-10,13,17-18H,6,11-12H2,1-2H3,(H,25,27)/t13-,17-,18-/m1/s1. The Morgan fingerprint density at radius 2 is 1.72 bits per heavy atom. The van der Waals surface area contributed by atoms with E-state index in [2.05, 4.69) is 12.2 Å². The van der Waals surface area contributed by atoms with Crippen LogP contribution in [0.3, 0.4) is 0 Å². The molecule has 2 aromatic carbocycles. The molecule has 0 radical (unpaired) electrons. The third-order valence-electron chi connectivity index (χ3n) is 6.09. The van der Waals surface area contributed by atoms with Crippen LogP contribution in [0.25, 0.3) is 0 Å². The van der Waals surface area contributed by atoms with E-state index in [1.807, 2.05) is 6.92 Å². The van der Waals surface area contributed by atoms with Gasteiger partial charge in [-0.1, -0.05) is 24.6 Å². The lowest BCUT2D eigenvalue weighted by Gasteiger charge is -2.25. The molecule has 0 aromatic heterocycles. The van der Waals surface area contributed by atoms with E-state index >= 15 is 0 Å². The summed E-state index contributed by atoms with van der Waals surface area (Å²) in [5.74, 6) is -0.443. The zero-order chi connectivity index (χ0) is 20.7. The van der Waals surface area contributed by atoms with Crippen molar-refractivity contribution < 1.29 is 14.4 Å². The van der Waals surface area contributed by atoms with Crippen molar-refractivity contribution in [3.63, 3.8) is 0 Å². The van der Waals surface area contributed by atoms with Crippen LogP contribution in [0.4, 0.5) is 11.4 Å². The minimum absolute atomic E-state index is 0.112. The quantitative estimate of drug-likeness (QED) is 0.737. The van der Waals surface area contributed by atoms with Gasteiger partial charge < -0.3 is 5.32 Å². The van der Waals surface area contributed by atoms with Crippen LogP contribution in [0.15, 0.2) is 42.5 Å². The molecule has 1 saturated heterocycles. The summed E-state index contributed by atoms with van der Waals surface area (Å²) in [5, 5.41) is 3.43. The lowest BCUT2D eigenvalue weighted by Crippen LogP contribution is -2.30. The van der Waals surface area contributed by atoms with Gasteiger partial charge in [-0.25, -0.2) is 0 Å². The topological polar surface area (TPSA) is 66.5 Å². The van der Waals surface area contributed by atoms with Crippen molar-refractivity contribution in [2.75, 3.05) is 10.2 Å². The first-order valence-corrected chi connectivity index (χ1v) is 10.3. The van der Waals surface area contributed by atoms with E-state index in [1.54, 1.807) is 42.5 Å². The van der Waals surface area contributed by atoms with Gasteiger partial charge in [0.15, 0.2) is 0 Å². The third-order valence-corrected chi connectivity index (χ3v) is 6.50. The second kappa shape index (κ2) is 7.64. The molecule has 2 fully saturated rings. The largest absolute Gasteiger partial charge is 0.322 e. The predicted octanol–water partition coefficient (Wildman–Crippen LogP) is 4.83. The Morgan fingerprint density at radius 3 is 2.45 bits per heavy atom. The molecule has 1 aliphatic heterocycles. The van der Waals surface area contributed by atoms with Crippen LogP contribution in [-0.4, -0.2) is 17.7 Å². The molecule has 4 rings (SSSR count). The third kappa shape index (κ3) is 3.55. The van der Waals surface area contributed by atoms with Crippen LogP contribution >= 0.6 is 11.6 Å². The number of rotatable bonds is 3. The summed E-state index contributed by atoms with van der Waals surface area (Å²) in [6, 6.07) is 11.9. The number of benzene rings is 2. The number of nitrogens with zero attached hydrogens (tertiary/aromatic N) is 1. The Kier molecular flexibility index (Phi) is 5.17. The maximum absolute atomic E-state index is 12.8. The second-order valence-electron chi connectivity index (χ2n) is 8.06. The molecule has 2 aliphatic rings. The molecule has 1 N–H and O–H groups in total. The molecule has 2 aromatic rings. The first-order chi connectivity index (χ1) is 13.9. The Morgan fingerprint density at radius 1 is 1.03 bits per heavy atom. The van der Waals surface area contributed by atoms with E-state index in [0.717, 1.165) is 24.8 Å². The predicted molar refractivity (Wildman–Crippen MR) is 113 cm³/mol. The van der Waals surface area contributed by atoms with Crippen molar-refractivity contribution in [2.45, 2.75) is 33.1 Å². The van der Waals surface area contributed by atoms with E-state index in [4.69, 9.17) is 11.6 Å². The van der Waals surface area contributed by atoms with E-state index in [9.17, 15) is 14.4 Å². The van der Waals surface area contributed by atoms with Gasteiger partial charge in [0.2, 0.25) is 11.8 Å². The van der Waals surface area contributed by atoms with E-state index in [-0.39, 0.29) is 29.6 Å². The highest BCUT2D eigenvalue weighted by Gasteiger charge is 2.49. The molecule has 29 heavy (non-hydrogen) atoms. The number of fused-ring (bicyclic) bond motifs is 1. The molecule has 6 heteroatoms. The molecule has 3 amide bonds. The maximum Gasteiger partial charge on any atom is 0.255 e. The van der Waals surface area contributed by atoms with Crippen LogP contribution in [-0.2, 0) is 9.59 Å². The molecular formula is C23H23ClN2O3. The Labute approximate surface area is 175 Å². The van der Waals surface area contributed by atoms with Crippen LogP contribution in [0, 0.1) is 24.7 Å². The first-order valence-electron chi connectivity index (χ1n) is 9.91. The molecule has 1 heterocycles. The highest BCUT2D eigenvalue weighted by Crippen LogP contribution is 2.42. The fourth-order valence-electron chi connectivity index (χ4n) is 4.34. The van der Waals surface area contributed by atoms with Crippen molar-refractivity contribution in [1.82, 2.24) is 0 Å². The smallest absolute Gasteiger partial charge is 0.255 e. The second-order valence-corrected chi connectivity index (χ2v) is 8.46. The molecule has 150 valence electrons. The summed E-state index contributed by atoms with van der Waals surface area (Å²) in [6.45, 7) is 3.97.